The maximum Gasteiger partial charge on any atom is 0.407 e. The SMILES string of the molecule is CC(C)(C)OC(=O)N[C@@H]1CCCC[C@H]1N[C@H]1C[C@@H]2C[C@H]1N(c1ccc(C#N)cc1)C2. The lowest BCUT2D eigenvalue weighted by atomic mass is 9.89. The third kappa shape index (κ3) is 4.73. The number of rotatable bonds is 4. The van der Waals surface area contributed by atoms with E-state index < -0.39 is 5.60 Å². The normalized spacial score (nSPS) is 30.7. The van der Waals surface area contributed by atoms with Crippen LogP contribution in [0.25, 0.3) is 0 Å². The molecule has 0 radical (unpaired) electrons. The van der Waals surface area contributed by atoms with Gasteiger partial charge in [-0.25, -0.2) is 4.79 Å². The van der Waals surface area contributed by atoms with Gasteiger partial charge in [0.05, 0.1) is 11.6 Å². The van der Waals surface area contributed by atoms with Crippen molar-refractivity contribution in [3.63, 3.8) is 0 Å². The monoisotopic (exact) mass is 410 g/mol. The number of amides is 1. The van der Waals surface area contributed by atoms with Crippen LogP contribution in [0.2, 0.25) is 0 Å². The van der Waals surface area contributed by atoms with E-state index in [2.05, 4.69) is 33.7 Å². The van der Waals surface area contributed by atoms with Crippen molar-refractivity contribution >= 4 is 11.8 Å². The summed E-state index contributed by atoms with van der Waals surface area (Å²) in [6, 6.07) is 11.5. The predicted molar refractivity (Wildman–Crippen MR) is 117 cm³/mol. The summed E-state index contributed by atoms with van der Waals surface area (Å²) >= 11 is 0. The zero-order valence-corrected chi connectivity index (χ0v) is 18.4. The highest BCUT2D eigenvalue weighted by Gasteiger charge is 2.46. The zero-order valence-electron chi connectivity index (χ0n) is 18.4. The minimum atomic E-state index is -0.478. The van der Waals surface area contributed by atoms with Gasteiger partial charge in [0.1, 0.15) is 5.60 Å². The minimum absolute atomic E-state index is 0.121. The van der Waals surface area contributed by atoms with Crippen molar-refractivity contribution in [1.82, 2.24) is 10.6 Å². The highest BCUT2D eigenvalue weighted by atomic mass is 16.6. The second kappa shape index (κ2) is 8.47. The molecule has 6 nitrogen and oxygen atoms in total. The molecule has 3 aliphatic rings. The van der Waals surface area contributed by atoms with E-state index in [1.54, 1.807) is 0 Å². The maximum atomic E-state index is 12.3. The van der Waals surface area contributed by atoms with Gasteiger partial charge in [-0.2, -0.15) is 5.26 Å². The number of nitrogens with zero attached hydrogens (tertiary/aromatic N) is 2. The number of ether oxygens (including phenoxy) is 1. The lowest BCUT2D eigenvalue weighted by Crippen LogP contribution is -2.58. The zero-order chi connectivity index (χ0) is 21.3. The molecule has 6 heteroatoms. The number of carbonyl (C=O) groups excluding carboxylic acids is 1. The average molecular weight is 411 g/mol. The van der Waals surface area contributed by atoms with Gasteiger partial charge in [0.15, 0.2) is 0 Å². The lowest BCUT2D eigenvalue weighted by Gasteiger charge is -2.40. The smallest absolute Gasteiger partial charge is 0.407 e. The summed E-state index contributed by atoms with van der Waals surface area (Å²) in [6.07, 6.45) is 6.54. The highest BCUT2D eigenvalue weighted by Crippen LogP contribution is 2.41. The Labute approximate surface area is 180 Å². The van der Waals surface area contributed by atoms with Crippen LogP contribution in [0.5, 0.6) is 0 Å². The van der Waals surface area contributed by atoms with Crippen molar-refractivity contribution in [2.75, 3.05) is 11.4 Å². The summed E-state index contributed by atoms with van der Waals surface area (Å²) in [5.74, 6) is 0.712. The largest absolute Gasteiger partial charge is 0.444 e. The van der Waals surface area contributed by atoms with Crippen molar-refractivity contribution < 1.29 is 9.53 Å². The molecule has 1 amide bonds. The van der Waals surface area contributed by atoms with Gasteiger partial charge in [0.25, 0.3) is 0 Å². The van der Waals surface area contributed by atoms with E-state index in [4.69, 9.17) is 10.00 Å². The van der Waals surface area contributed by atoms with Crippen LogP contribution < -0.4 is 15.5 Å². The molecular weight excluding hydrogens is 376 g/mol. The first kappa shape index (κ1) is 21.0. The average Bonchev–Trinajstić information content (AvgIpc) is 3.28. The first-order chi connectivity index (χ1) is 14.3. The number of fused-ring (bicyclic) bond motifs is 2. The summed E-state index contributed by atoms with van der Waals surface area (Å²) in [5, 5.41) is 16.1. The van der Waals surface area contributed by atoms with Gasteiger partial charge >= 0.3 is 6.09 Å². The number of alkyl carbamates (subject to hydrolysis) is 1. The molecule has 2 saturated carbocycles. The number of nitrogens with one attached hydrogen (secondary N) is 2. The Kier molecular flexibility index (Phi) is 5.92. The standard InChI is InChI=1S/C24H34N4O2/c1-24(2,3)30-23(29)27-20-7-5-4-6-19(20)26-21-12-17-13-22(21)28(15-17)18-10-8-16(14-25)9-11-18/h8-11,17,19-22,26H,4-7,12-13,15H2,1-3H3,(H,27,29)/t17-,19-,20-,21+,22-/m1/s1. The quantitative estimate of drug-likeness (QED) is 0.786. The van der Waals surface area contributed by atoms with Crippen molar-refractivity contribution in [1.29, 1.82) is 5.26 Å². The number of hydrogen-bond donors (Lipinski definition) is 2. The first-order valence-corrected chi connectivity index (χ1v) is 11.3. The number of piperidine rings is 1. The third-order valence-electron chi connectivity index (χ3n) is 6.71. The van der Waals surface area contributed by atoms with Crippen molar-refractivity contribution in [2.45, 2.75) is 89.1 Å². The molecule has 3 fully saturated rings. The molecule has 1 saturated heterocycles. The topological polar surface area (TPSA) is 77.4 Å². The number of nitriles is 1. The summed E-state index contributed by atoms with van der Waals surface area (Å²) in [6.45, 7) is 6.79. The lowest BCUT2D eigenvalue weighted by molar-refractivity contribution is 0.0476. The van der Waals surface area contributed by atoms with Crippen LogP contribution >= 0.6 is 0 Å². The van der Waals surface area contributed by atoms with Crippen LogP contribution in [-0.2, 0) is 4.74 Å². The van der Waals surface area contributed by atoms with E-state index in [-0.39, 0.29) is 12.1 Å². The summed E-state index contributed by atoms with van der Waals surface area (Å²) in [5.41, 5.74) is 1.43. The van der Waals surface area contributed by atoms with E-state index in [0.29, 0.717) is 29.6 Å². The molecule has 0 unspecified atom stereocenters. The summed E-state index contributed by atoms with van der Waals surface area (Å²) in [4.78, 5) is 14.8. The summed E-state index contributed by atoms with van der Waals surface area (Å²) in [7, 11) is 0. The van der Waals surface area contributed by atoms with E-state index >= 15 is 0 Å². The molecule has 4 rings (SSSR count). The van der Waals surface area contributed by atoms with Crippen LogP contribution in [-0.4, -0.2) is 42.4 Å². The molecule has 1 aliphatic heterocycles. The molecule has 162 valence electrons. The Morgan fingerprint density at radius 1 is 1.10 bits per heavy atom. The summed E-state index contributed by atoms with van der Waals surface area (Å²) < 4.78 is 5.49. The van der Waals surface area contributed by atoms with Gasteiger partial charge in [0.2, 0.25) is 0 Å². The molecule has 2 N–H and O–H groups in total. The van der Waals surface area contributed by atoms with Crippen molar-refractivity contribution in [2.24, 2.45) is 5.92 Å². The van der Waals surface area contributed by atoms with E-state index in [1.165, 1.54) is 24.9 Å². The molecule has 0 spiro atoms. The molecular formula is C24H34N4O2. The van der Waals surface area contributed by atoms with Crippen molar-refractivity contribution in [3.8, 4) is 6.07 Å². The Balaban J connectivity index is 1.40. The number of carbonyl (C=O) groups is 1. The van der Waals surface area contributed by atoms with Crippen LogP contribution in [0, 0.1) is 17.2 Å². The Hall–Kier alpha value is -2.26. The third-order valence-corrected chi connectivity index (χ3v) is 6.71. The van der Waals surface area contributed by atoms with Crippen LogP contribution in [0.3, 0.4) is 0 Å². The molecule has 5 atom stereocenters. The molecule has 1 heterocycles. The first-order valence-electron chi connectivity index (χ1n) is 11.3. The molecule has 1 aromatic rings. The highest BCUT2D eigenvalue weighted by molar-refractivity contribution is 5.68. The van der Waals surface area contributed by atoms with Gasteiger partial charge < -0.3 is 20.3 Å². The van der Waals surface area contributed by atoms with Crippen LogP contribution in [0.4, 0.5) is 10.5 Å². The molecule has 0 aromatic heterocycles. The molecule has 30 heavy (non-hydrogen) atoms. The van der Waals surface area contributed by atoms with Crippen LogP contribution in [0.15, 0.2) is 24.3 Å². The van der Waals surface area contributed by atoms with Crippen molar-refractivity contribution in [3.05, 3.63) is 29.8 Å². The predicted octanol–water partition coefficient (Wildman–Crippen LogP) is 3.95. The molecule has 2 bridgehead atoms. The fraction of sp³-hybridized carbons (Fsp3) is 0.667. The Bertz CT molecular complexity index is 795. The van der Waals surface area contributed by atoms with Crippen LogP contribution in [0.1, 0.15) is 64.9 Å². The maximum absolute atomic E-state index is 12.3. The van der Waals surface area contributed by atoms with E-state index in [1.807, 2.05) is 32.9 Å². The van der Waals surface area contributed by atoms with E-state index in [9.17, 15) is 4.79 Å². The number of anilines is 1. The number of benzene rings is 1. The van der Waals surface area contributed by atoms with Gasteiger partial charge in [0, 0.05) is 36.4 Å². The van der Waals surface area contributed by atoms with Gasteiger partial charge in [-0.3, -0.25) is 0 Å². The second-order valence-corrected chi connectivity index (χ2v) is 10.1. The minimum Gasteiger partial charge on any atom is -0.444 e. The molecule has 2 aliphatic carbocycles. The fourth-order valence-electron chi connectivity index (χ4n) is 5.47. The molecule has 1 aromatic carbocycles. The van der Waals surface area contributed by atoms with Gasteiger partial charge in [-0.05, 0) is 76.6 Å². The Morgan fingerprint density at radius 3 is 2.43 bits per heavy atom. The van der Waals surface area contributed by atoms with Gasteiger partial charge in [-0.1, -0.05) is 12.8 Å². The second-order valence-electron chi connectivity index (χ2n) is 10.1. The fourth-order valence-corrected chi connectivity index (χ4v) is 5.47. The number of hydrogen-bond acceptors (Lipinski definition) is 5. The van der Waals surface area contributed by atoms with Gasteiger partial charge in [-0.15, -0.1) is 0 Å². The van der Waals surface area contributed by atoms with E-state index in [0.717, 1.165) is 25.8 Å². The Morgan fingerprint density at radius 2 is 1.80 bits per heavy atom.